The van der Waals surface area contributed by atoms with Crippen LogP contribution in [0.5, 0.6) is 0 Å². The van der Waals surface area contributed by atoms with Crippen LogP contribution in [0, 0.1) is 0 Å². The zero-order valence-electron chi connectivity index (χ0n) is 9.39. The van der Waals surface area contributed by atoms with Gasteiger partial charge in [-0.25, -0.2) is 14.3 Å². The molecule has 6 nitrogen and oxygen atoms in total. The predicted octanol–water partition coefficient (Wildman–Crippen LogP) is 1.80. The smallest absolute Gasteiger partial charge is 0.356 e. The summed E-state index contributed by atoms with van der Waals surface area (Å²) in [6.07, 6.45) is 7.57. The summed E-state index contributed by atoms with van der Waals surface area (Å²) >= 11 is 0. The lowest BCUT2D eigenvalue weighted by atomic mass is 9.89. The van der Waals surface area contributed by atoms with E-state index in [4.69, 9.17) is 5.11 Å². The second-order valence-corrected chi connectivity index (χ2v) is 4.55. The molecule has 0 aromatic carbocycles. The molecule has 0 saturated heterocycles. The largest absolute Gasteiger partial charge is 0.476 e. The van der Waals surface area contributed by atoms with E-state index < -0.39 is 5.97 Å². The lowest BCUT2D eigenvalue weighted by Crippen LogP contribution is -2.06. The first-order valence-electron chi connectivity index (χ1n) is 5.92. The third-order valence-corrected chi connectivity index (χ3v) is 3.35. The fourth-order valence-electron chi connectivity index (χ4n) is 2.45. The molecule has 17 heavy (non-hydrogen) atoms. The predicted molar refractivity (Wildman–Crippen MR) is 60.1 cm³/mol. The highest BCUT2D eigenvalue weighted by Gasteiger charge is 2.20. The van der Waals surface area contributed by atoms with Crippen LogP contribution in [0.3, 0.4) is 0 Å². The molecule has 2 N–H and O–H groups in total. The second kappa shape index (κ2) is 3.87. The van der Waals surface area contributed by atoms with E-state index in [0.29, 0.717) is 11.7 Å². The number of fused-ring (bicyclic) bond motifs is 1. The number of hydrogen-bond donors (Lipinski definition) is 2. The van der Waals surface area contributed by atoms with E-state index in [9.17, 15) is 4.79 Å². The number of carboxylic acids is 1. The van der Waals surface area contributed by atoms with Gasteiger partial charge < -0.3 is 5.11 Å². The van der Waals surface area contributed by atoms with Crippen LogP contribution in [-0.2, 0) is 0 Å². The fraction of sp³-hybridized carbons (Fsp3) is 0.545. The average molecular weight is 234 g/mol. The van der Waals surface area contributed by atoms with Crippen molar-refractivity contribution in [2.45, 2.75) is 38.0 Å². The fourth-order valence-corrected chi connectivity index (χ4v) is 2.45. The molecule has 0 radical (unpaired) electrons. The quantitative estimate of drug-likeness (QED) is 0.830. The summed E-state index contributed by atoms with van der Waals surface area (Å²) in [4.78, 5) is 19.1. The molecule has 0 spiro atoms. The summed E-state index contributed by atoms with van der Waals surface area (Å²) in [7, 11) is 0. The molecule has 0 amide bonds. The number of aromatic carboxylic acids is 1. The van der Waals surface area contributed by atoms with Crippen molar-refractivity contribution in [2.24, 2.45) is 0 Å². The maximum absolute atomic E-state index is 10.7. The lowest BCUT2D eigenvalue weighted by molar-refractivity contribution is 0.0691. The van der Waals surface area contributed by atoms with Crippen LogP contribution in [0.1, 0.15) is 54.3 Å². The zero-order chi connectivity index (χ0) is 11.8. The van der Waals surface area contributed by atoms with Crippen LogP contribution < -0.4 is 0 Å². The van der Waals surface area contributed by atoms with Crippen molar-refractivity contribution in [1.82, 2.24) is 19.6 Å². The van der Waals surface area contributed by atoms with Crippen LogP contribution in [0.25, 0.3) is 5.78 Å². The van der Waals surface area contributed by atoms with Gasteiger partial charge in [-0.1, -0.05) is 19.3 Å². The summed E-state index contributed by atoms with van der Waals surface area (Å²) in [6, 6.07) is 0. The van der Waals surface area contributed by atoms with Gasteiger partial charge in [0.25, 0.3) is 5.78 Å². The maximum atomic E-state index is 10.7. The molecule has 1 aliphatic carbocycles. The van der Waals surface area contributed by atoms with E-state index >= 15 is 0 Å². The molecule has 1 fully saturated rings. The zero-order valence-corrected chi connectivity index (χ0v) is 9.39. The monoisotopic (exact) mass is 234 g/mol. The Balaban J connectivity index is 1.91. The molecule has 90 valence electrons. The first kappa shape index (κ1) is 10.3. The number of imidazole rings is 1. The number of carboxylic acid groups (broad SMARTS) is 1. The molecule has 0 atom stereocenters. The number of hydrogen-bond acceptors (Lipinski definition) is 3. The van der Waals surface area contributed by atoms with Crippen molar-refractivity contribution in [3.8, 4) is 0 Å². The van der Waals surface area contributed by atoms with E-state index in [1.807, 2.05) is 0 Å². The van der Waals surface area contributed by atoms with Gasteiger partial charge >= 0.3 is 5.97 Å². The molecule has 2 aromatic heterocycles. The lowest BCUT2D eigenvalue weighted by Gasteiger charge is -2.18. The van der Waals surface area contributed by atoms with Crippen molar-refractivity contribution < 1.29 is 9.90 Å². The molecule has 0 bridgehead atoms. The molecule has 2 aromatic rings. The van der Waals surface area contributed by atoms with Gasteiger partial charge in [-0.15, -0.1) is 0 Å². The molecule has 3 rings (SSSR count). The van der Waals surface area contributed by atoms with Gasteiger partial charge in [0.1, 0.15) is 5.82 Å². The molecular formula is C11H14N4O2. The Morgan fingerprint density at radius 3 is 2.76 bits per heavy atom. The minimum Gasteiger partial charge on any atom is -0.476 e. The van der Waals surface area contributed by atoms with Crippen LogP contribution in [0.2, 0.25) is 0 Å². The van der Waals surface area contributed by atoms with Crippen molar-refractivity contribution in [2.75, 3.05) is 0 Å². The highest BCUT2D eigenvalue weighted by atomic mass is 16.4. The topological polar surface area (TPSA) is 83.3 Å². The van der Waals surface area contributed by atoms with Gasteiger partial charge in [-0.05, 0) is 12.8 Å². The summed E-state index contributed by atoms with van der Waals surface area (Å²) in [5.74, 6) is 0.828. The number of aromatic amines is 1. The molecular weight excluding hydrogens is 220 g/mol. The molecule has 6 heteroatoms. The first-order valence-corrected chi connectivity index (χ1v) is 5.92. The minimum atomic E-state index is -1.02. The number of H-pyrrole nitrogens is 1. The average Bonchev–Trinajstić information content (AvgIpc) is 2.87. The van der Waals surface area contributed by atoms with E-state index in [1.165, 1.54) is 25.5 Å². The number of nitrogens with zero attached hydrogens (tertiary/aromatic N) is 3. The summed E-state index contributed by atoms with van der Waals surface area (Å²) in [5.41, 5.74) is 0.0268. The van der Waals surface area contributed by atoms with Crippen molar-refractivity contribution in [3.63, 3.8) is 0 Å². The SMILES string of the molecule is O=C(O)c1cn2[nH]c(C3CCCCC3)nc2n1. The Labute approximate surface area is 97.7 Å². The Kier molecular flexibility index (Phi) is 2.35. The standard InChI is InChI=1S/C11H14N4O2/c16-10(17)8-6-15-11(12-8)13-9(14-15)7-4-2-1-3-5-7/h6-7H,1-5H2,(H,16,17)(H,12,13,14). The second-order valence-electron chi connectivity index (χ2n) is 4.55. The van der Waals surface area contributed by atoms with Gasteiger partial charge in [0.2, 0.25) is 0 Å². The number of carbonyl (C=O) groups is 1. The normalized spacial score (nSPS) is 17.6. The Bertz CT molecular complexity index is 519. The molecule has 1 aliphatic rings. The Morgan fingerprint density at radius 2 is 2.12 bits per heavy atom. The molecule has 0 aliphatic heterocycles. The van der Waals surface area contributed by atoms with E-state index in [1.54, 1.807) is 4.52 Å². The molecule has 1 saturated carbocycles. The van der Waals surface area contributed by atoms with Crippen molar-refractivity contribution in [3.05, 3.63) is 17.7 Å². The van der Waals surface area contributed by atoms with Gasteiger partial charge in [0, 0.05) is 5.92 Å². The van der Waals surface area contributed by atoms with Gasteiger partial charge in [-0.2, -0.15) is 4.98 Å². The molecule has 0 unspecified atom stereocenters. The maximum Gasteiger partial charge on any atom is 0.356 e. The van der Waals surface area contributed by atoms with E-state index in [-0.39, 0.29) is 5.69 Å². The van der Waals surface area contributed by atoms with Crippen molar-refractivity contribution >= 4 is 11.7 Å². The van der Waals surface area contributed by atoms with Crippen LogP contribution >= 0.6 is 0 Å². The third kappa shape index (κ3) is 1.79. The highest BCUT2D eigenvalue weighted by Crippen LogP contribution is 2.30. The van der Waals surface area contributed by atoms with Crippen molar-refractivity contribution in [1.29, 1.82) is 0 Å². The summed E-state index contributed by atoms with van der Waals surface area (Å²) in [5, 5.41) is 11.9. The Hall–Kier alpha value is -1.85. The van der Waals surface area contributed by atoms with E-state index in [0.717, 1.165) is 18.7 Å². The summed E-state index contributed by atoms with van der Waals surface area (Å²) in [6.45, 7) is 0. The third-order valence-electron chi connectivity index (χ3n) is 3.35. The van der Waals surface area contributed by atoms with Crippen LogP contribution in [0.15, 0.2) is 6.20 Å². The highest BCUT2D eigenvalue weighted by molar-refractivity contribution is 5.85. The van der Waals surface area contributed by atoms with Gasteiger partial charge in [-0.3, -0.25) is 5.10 Å². The number of nitrogens with one attached hydrogen (secondary N) is 1. The summed E-state index contributed by atoms with van der Waals surface area (Å²) < 4.78 is 1.59. The molecule has 2 heterocycles. The number of rotatable bonds is 2. The minimum absolute atomic E-state index is 0.0268. The van der Waals surface area contributed by atoms with Crippen LogP contribution in [-0.4, -0.2) is 30.7 Å². The van der Waals surface area contributed by atoms with Crippen LogP contribution in [0.4, 0.5) is 0 Å². The van der Waals surface area contributed by atoms with Gasteiger partial charge in [0.05, 0.1) is 6.20 Å². The first-order chi connectivity index (χ1) is 8.24. The number of aromatic nitrogens is 4. The van der Waals surface area contributed by atoms with E-state index in [2.05, 4.69) is 15.1 Å². The Morgan fingerprint density at radius 1 is 1.35 bits per heavy atom. The van der Waals surface area contributed by atoms with Gasteiger partial charge in [0.15, 0.2) is 5.69 Å².